The molecular formula is C8H12ClN3O. The second-order valence-electron chi connectivity index (χ2n) is 2.66. The van der Waals surface area contributed by atoms with Gasteiger partial charge in [-0.2, -0.15) is 0 Å². The Balaban J connectivity index is 2.67. The minimum Gasteiger partial charge on any atom is -0.365 e. The van der Waals surface area contributed by atoms with Gasteiger partial charge in [0.1, 0.15) is 0 Å². The van der Waals surface area contributed by atoms with Crippen LogP contribution in [-0.4, -0.2) is 22.0 Å². The molecule has 0 saturated heterocycles. The normalized spacial score (nSPS) is 10.0. The van der Waals surface area contributed by atoms with E-state index in [1.807, 2.05) is 0 Å². The fourth-order valence-corrected chi connectivity index (χ4v) is 1.03. The Kier molecular flexibility index (Phi) is 3.76. The molecule has 1 N–H and O–H groups in total. The average Bonchev–Trinajstić information content (AvgIpc) is 2.13. The number of aromatic nitrogens is 2. The van der Waals surface area contributed by atoms with Gasteiger partial charge < -0.3 is 9.88 Å². The number of anilines is 1. The monoisotopic (exact) mass is 201 g/mol. The SMILES string of the molecule is Cn1ccnc(NCCCCl)c1=O. The van der Waals surface area contributed by atoms with Gasteiger partial charge in [-0.3, -0.25) is 4.79 Å². The van der Waals surface area contributed by atoms with Gasteiger partial charge in [0, 0.05) is 31.9 Å². The summed E-state index contributed by atoms with van der Waals surface area (Å²) in [4.78, 5) is 15.3. The minimum absolute atomic E-state index is 0.114. The van der Waals surface area contributed by atoms with Crippen molar-refractivity contribution in [1.82, 2.24) is 9.55 Å². The van der Waals surface area contributed by atoms with Crippen LogP contribution in [0.15, 0.2) is 17.2 Å². The highest BCUT2D eigenvalue weighted by atomic mass is 35.5. The van der Waals surface area contributed by atoms with Gasteiger partial charge >= 0.3 is 0 Å². The molecule has 0 aliphatic rings. The summed E-state index contributed by atoms with van der Waals surface area (Å²) in [6, 6.07) is 0. The molecule has 0 spiro atoms. The number of rotatable bonds is 4. The quantitative estimate of drug-likeness (QED) is 0.580. The van der Waals surface area contributed by atoms with Gasteiger partial charge in [-0.05, 0) is 6.42 Å². The molecule has 0 amide bonds. The molecule has 0 aromatic carbocycles. The highest BCUT2D eigenvalue weighted by Gasteiger charge is 1.99. The van der Waals surface area contributed by atoms with Crippen LogP contribution in [0.25, 0.3) is 0 Å². The molecule has 0 radical (unpaired) electrons. The lowest BCUT2D eigenvalue weighted by Crippen LogP contribution is -2.22. The van der Waals surface area contributed by atoms with E-state index in [2.05, 4.69) is 10.3 Å². The Morgan fingerprint density at radius 3 is 3.15 bits per heavy atom. The number of aryl methyl sites for hydroxylation is 1. The second kappa shape index (κ2) is 4.87. The molecule has 72 valence electrons. The number of hydrogen-bond donors (Lipinski definition) is 1. The Morgan fingerprint density at radius 1 is 1.69 bits per heavy atom. The third-order valence-electron chi connectivity index (χ3n) is 1.62. The van der Waals surface area contributed by atoms with Crippen molar-refractivity contribution >= 4 is 17.4 Å². The first-order valence-electron chi connectivity index (χ1n) is 4.07. The van der Waals surface area contributed by atoms with Crippen LogP contribution in [0.3, 0.4) is 0 Å². The van der Waals surface area contributed by atoms with Crippen molar-refractivity contribution in [3.63, 3.8) is 0 Å². The lowest BCUT2D eigenvalue weighted by molar-refractivity contribution is 0.836. The molecule has 1 heterocycles. The molecule has 4 nitrogen and oxygen atoms in total. The number of nitrogens with zero attached hydrogens (tertiary/aromatic N) is 2. The Morgan fingerprint density at radius 2 is 2.46 bits per heavy atom. The largest absolute Gasteiger partial charge is 0.365 e. The standard InChI is InChI=1S/C8H12ClN3O/c1-12-6-5-11-7(8(12)13)10-4-2-3-9/h5-6H,2-4H2,1H3,(H,10,11). The van der Waals surface area contributed by atoms with E-state index < -0.39 is 0 Å². The van der Waals surface area contributed by atoms with Crippen LogP contribution in [0, 0.1) is 0 Å². The van der Waals surface area contributed by atoms with E-state index >= 15 is 0 Å². The zero-order valence-corrected chi connectivity index (χ0v) is 8.21. The summed E-state index contributed by atoms with van der Waals surface area (Å²) < 4.78 is 1.48. The van der Waals surface area contributed by atoms with Crippen LogP contribution < -0.4 is 10.9 Å². The van der Waals surface area contributed by atoms with Gasteiger partial charge in [0.15, 0.2) is 5.82 Å². The first kappa shape index (κ1) is 10.1. The van der Waals surface area contributed by atoms with Gasteiger partial charge in [-0.15, -0.1) is 11.6 Å². The van der Waals surface area contributed by atoms with E-state index in [4.69, 9.17) is 11.6 Å². The summed E-state index contributed by atoms with van der Waals surface area (Å²) in [6.07, 6.45) is 4.03. The van der Waals surface area contributed by atoms with Gasteiger partial charge in [-0.1, -0.05) is 0 Å². The van der Waals surface area contributed by atoms with Crippen molar-refractivity contribution in [2.24, 2.45) is 7.05 Å². The summed E-state index contributed by atoms with van der Waals surface area (Å²) in [5.41, 5.74) is -0.114. The molecule has 5 heteroatoms. The molecule has 0 unspecified atom stereocenters. The van der Waals surface area contributed by atoms with Crippen molar-refractivity contribution < 1.29 is 0 Å². The fraction of sp³-hybridized carbons (Fsp3) is 0.500. The minimum atomic E-state index is -0.114. The molecule has 1 rings (SSSR count). The average molecular weight is 202 g/mol. The van der Waals surface area contributed by atoms with Crippen molar-refractivity contribution in [2.45, 2.75) is 6.42 Å². The fourth-order valence-electron chi connectivity index (χ4n) is 0.893. The van der Waals surface area contributed by atoms with Crippen LogP contribution in [0.4, 0.5) is 5.82 Å². The topological polar surface area (TPSA) is 46.9 Å². The molecule has 1 aromatic rings. The van der Waals surface area contributed by atoms with Gasteiger partial charge in [-0.25, -0.2) is 4.98 Å². The maximum atomic E-state index is 11.4. The lowest BCUT2D eigenvalue weighted by Gasteiger charge is -2.03. The molecule has 0 fully saturated rings. The van der Waals surface area contributed by atoms with Gasteiger partial charge in [0.25, 0.3) is 5.56 Å². The van der Waals surface area contributed by atoms with Crippen molar-refractivity contribution in [3.8, 4) is 0 Å². The molecule has 0 bridgehead atoms. The first-order valence-corrected chi connectivity index (χ1v) is 4.60. The van der Waals surface area contributed by atoms with Crippen molar-refractivity contribution in [3.05, 3.63) is 22.7 Å². The molecule has 13 heavy (non-hydrogen) atoms. The van der Waals surface area contributed by atoms with Crippen molar-refractivity contribution in [2.75, 3.05) is 17.7 Å². The third kappa shape index (κ3) is 2.73. The highest BCUT2D eigenvalue weighted by molar-refractivity contribution is 6.17. The second-order valence-corrected chi connectivity index (χ2v) is 3.04. The maximum absolute atomic E-state index is 11.4. The summed E-state index contributed by atoms with van der Waals surface area (Å²) in [5, 5.41) is 2.93. The smallest absolute Gasteiger partial charge is 0.293 e. The summed E-state index contributed by atoms with van der Waals surface area (Å²) >= 11 is 5.50. The molecular weight excluding hydrogens is 190 g/mol. The zero-order chi connectivity index (χ0) is 9.68. The zero-order valence-electron chi connectivity index (χ0n) is 7.46. The summed E-state index contributed by atoms with van der Waals surface area (Å²) in [6.45, 7) is 0.676. The van der Waals surface area contributed by atoms with E-state index in [0.29, 0.717) is 18.2 Å². The lowest BCUT2D eigenvalue weighted by atomic mass is 10.4. The summed E-state index contributed by atoms with van der Waals surface area (Å²) in [5.74, 6) is 0.968. The maximum Gasteiger partial charge on any atom is 0.293 e. The molecule has 1 aromatic heterocycles. The Hall–Kier alpha value is -1.03. The molecule has 0 aliphatic heterocycles. The third-order valence-corrected chi connectivity index (χ3v) is 1.89. The summed E-state index contributed by atoms with van der Waals surface area (Å²) in [7, 11) is 1.69. The van der Waals surface area contributed by atoms with E-state index in [0.717, 1.165) is 6.42 Å². The van der Waals surface area contributed by atoms with E-state index in [9.17, 15) is 4.79 Å². The van der Waals surface area contributed by atoms with E-state index in [1.165, 1.54) is 4.57 Å². The number of halogens is 1. The molecule has 0 aliphatic carbocycles. The number of hydrogen-bond acceptors (Lipinski definition) is 3. The molecule has 0 saturated carbocycles. The van der Waals surface area contributed by atoms with Gasteiger partial charge in [0.05, 0.1) is 0 Å². The van der Waals surface area contributed by atoms with Crippen LogP contribution >= 0.6 is 11.6 Å². The van der Waals surface area contributed by atoms with Gasteiger partial charge in [0.2, 0.25) is 0 Å². The number of alkyl halides is 1. The Labute approximate surface area is 81.6 Å². The van der Waals surface area contributed by atoms with Crippen LogP contribution in [-0.2, 0) is 7.05 Å². The van der Waals surface area contributed by atoms with Crippen molar-refractivity contribution in [1.29, 1.82) is 0 Å². The Bertz CT molecular complexity index is 323. The van der Waals surface area contributed by atoms with Crippen LogP contribution in [0.5, 0.6) is 0 Å². The van der Waals surface area contributed by atoms with E-state index in [1.54, 1.807) is 19.4 Å². The predicted molar refractivity (Wildman–Crippen MR) is 53.3 cm³/mol. The number of nitrogens with one attached hydrogen (secondary N) is 1. The predicted octanol–water partition coefficient (Wildman–Crippen LogP) is 0.821. The highest BCUT2D eigenvalue weighted by Crippen LogP contribution is 1.92. The molecule has 0 atom stereocenters. The van der Waals surface area contributed by atoms with E-state index in [-0.39, 0.29) is 5.56 Å². The van der Waals surface area contributed by atoms with Crippen LogP contribution in [0.2, 0.25) is 0 Å². The first-order chi connectivity index (χ1) is 6.25. The van der Waals surface area contributed by atoms with Crippen LogP contribution in [0.1, 0.15) is 6.42 Å².